The minimum atomic E-state index is -4.89. The van der Waals surface area contributed by atoms with Crippen molar-refractivity contribution in [2.45, 2.75) is 16.7 Å². The molecule has 0 aliphatic heterocycles. The minimum Gasteiger partial charge on any atom is -0.477 e. The zero-order valence-corrected chi connectivity index (χ0v) is 18.7. The number of carboxylic acids is 1. The molecule has 192 valence electrons. The number of nitrogens with one attached hydrogen (secondary N) is 1. The Bertz CT molecular complexity index is 1530. The molecule has 0 unspecified atom stereocenters. The molecule has 1 aromatic carbocycles. The van der Waals surface area contributed by atoms with Gasteiger partial charge in [0.05, 0.1) is 17.5 Å². The second-order valence-corrected chi connectivity index (χ2v) is 9.33. The standard InChI is InChI=1S/C15H7F6N3O2.C2H3N4O2S2/c16-14(17,18)8-3-1-7(2-4-8)10-5-11(15(19,20)21)24-12(23-10)9(6-22-24)13(25)26;3-1-5-6-2(9-1)10(4,7)8/h1-6H,(H,25,26);(H3-,3,4,5,7,8)/q;-1. The lowest BCUT2D eigenvalue weighted by Gasteiger charge is -2.12. The van der Waals surface area contributed by atoms with E-state index in [2.05, 4.69) is 25.4 Å². The van der Waals surface area contributed by atoms with E-state index in [0.29, 0.717) is 34.1 Å². The molecule has 0 amide bonds. The Labute approximate surface area is 200 Å². The molecule has 0 spiro atoms. The summed E-state index contributed by atoms with van der Waals surface area (Å²) in [6.07, 6.45) is -8.77. The Morgan fingerprint density at radius 2 is 1.67 bits per heavy atom. The molecule has 0 saturated heterocycles. The molecule has 4 N–H and O–H groups in total. The van der Waals surface area contributed by atoms with Gasteiger partial charge in [-0.1, -0.05) is 12.1 Å². The smallest absolute Gasteiger partial charge is 0.433 e. The van der Waals surface area contributed by atoms with Gasteiger partial charge in [-0.3, -0.25) is 0 Å². The summed E-state index contributed by atoms with van der Waals surface area (Å²) in [4.78, 5) is 15.0. The second kappa shape index (κ2) is 9.32. The van der Waals surface area contributed by atoms with Gasteiger partial charge in [0.15, 0.2) is 11.3 Å². The van der Waals surface area contributed by atoms with Crippen LogP contribution in [0.25, 0.3) is 22.6 Å². The Kier molecular flexibility index (Phi) is 6.92. The summed E-state index contributed by atoms with van der Waals surface area (Å²) in [5.74, 6) is -1.54. The summed E-state index contributed by atoms with van der Waals surface area (Å²) in [5, 5.41) is 23.3. The zero-order chi connectivity index (χ0) is 27.1. The molecule has 19 heteroatoms. The van der Waals surface area contributed by atoms with Gasteiger partial charge in [-0.2, -0.15) is 31.4 Å². The van der Waals surface area contributed by atoms with Crippen LogP contribution in [0.2, 0.25) is 0 Å². The van der Waals surface area contributed by atoms with Gasteiger partial charge >= 0.3 is 18.3 Å². The first-order chi connectivity index (χ1) is 16.5. The number of benzene rings is 1. The normalized spacial score (nSPS) is 12.3. The first-order valence-corrected chi connectivity index (χ1v) is 11.3. The Balaban J connectivity index is 0.000000303. The lowest BCUT2D eigenvalue weighted by atomic mass is 10.1. The van der Waals surface area contributed by atoms with Gasteiger partial charge < -0.3 is 15.9 Å². The third-order valence-corrected chi connectivity index (χ3v) is 6.20. The van der Waals surface area contributed by atoms with Crippen LogP contribution >= 0.6 is 11.3 Å². The van der Waals surface area contributed by atoms with Gasteiger partial charge in [-0.15, -0.1) is 11.3 Å². The average molecular weight is 554 g/mol. The fraction of sp³-hybridized carbons (Fsp3) is 0.118. The molecule has 0 bridgehead atoms. The lowest BCUT2D eigenvalue weighted by molar-refractivity contribution is -0.142. The molecule has 3 heterocycles. The van der Waals surface area contributed by atoms with Crippen molar-refractivity contribution in [2.24, 2.45) is 5.14 Å². The summed E-state index contributed by atoms with van der Waals surface area (Å²) in [7, 11) is -3.76. The number of nitrogens with zero attached hydrogens (tertiary/aromatic N) is 5. The molecule has 0 saturated carbocycles. The zero-order valence-electron chi connectivity index (χ0n) is 17.0. The summed E-state index contributed by atoms with van der Waals surface area (Å²) >= 11 is 0.626. The molecule has 11 nitrogen and oxygen atoms in total. The molecule has 0 radical (unpaired) electrons. The predicted octanol–water partition coefficient (Wildman–Crippen LogP) is 4.00. The van der Waals surface area contributed by atoms with E-state index < -0.39 is 50.8 Å². The molecule has 0 aliphatic rings. The Morgan fingerprint density at radius 1 is 1.06 bits per heavy atom. The Hall–Kier alpha value is -3.84. The van der Waals surface area contributed by atoms with Gasteiger partial charge in [0.1, 0.15) is 5.56 Å². The van der Waals surface area contributed by atoms with Crippen LogP contribution in [0.15, 0.2) is 40.9 Å². The number of carboxylic acid groups (broad SMARTS) is 1. The van der Waals surface area contributed by atoms with Gasteiger partial charge in [0, 0.05) is 10.7 Å². The fourth-order valence-electron chi connectivity index (χ4n) is 2.62. The van der Waals surface area contributed by atoms with Crippen LogP contribution in [0, 0.1) is 0 Å². The van der Waals surface area contributed by atoms with Crippen molar-refractivity contribution in [3.63, 3.8) is 0 Å². The third-order valence-electron chi connectivity index (χ3n) is 4.15. The molecule has 0 atom stereocenters. The van der Waals surface area contributed by atoms with Crippen molar-refractivity contribution < 1.29 is 44.7 Å². The van der Waals surface area contributed by atoms with E-state index in [1.165, 1.54) is 0 Å². The molecular formula is C17H10F6N7O4S2-. The molecule has 0 aliphatic carbocycles. The highest BCUT2D eigenvalue weighted by atomic mass is 32.2. The van der Waals surface area contributed by atoms with Gasteiger partial charge in [0.2, 0.25) is 4.34 Å². The quantitative estimate of drug-likeness (QED) is 0.357. The number of aromatic nitrogens is 5. The fourth-order valence-corrected chi connectivity index (χ4v) is 3.80. The molecular weight excluding hydrogens is 544 g/mol. The van der Waals surface area contributed by atoms with Gasteiger partial charge in [-0.05, 0) is 18.2 Å². The number of rotatable bonds is 3. The summed E-state index contributed by atoms with van der Waals surface area (Å²) in [6, 6.07) is 3.90. The van der Waals surface area contributed by atoms with Crippen LogP contribution in [0.5, 0.6) is 0 Å². The number of hydrogen-bond acceptors (Lipinski definition) is 8. The molecule has 0 fully saturated rings. The number of carbonyl (C=O) groups is 1. The van der Waals surface area contributed by atoms with Crippen molar-refractivity contribution in [1.29, 1.82) is 0 Å². The van der Waals surface area contributed by atoms with E-state index >= 15 is 0 Å². The van der Waals surface area contributed by atoms with Crippen molar-refractivity contribution in [3.05, 3.63) is 59.1 Å². The summed E-state index contributed by atoms with van der Waals surface area (Å²) in [5.41, 5.74) is 3.04. The molecule has 3 aromatic heterocycles. The van der Waals surface area contributed by atoms with Crippen LogP contribution in [-0.4, -0.2) is 44.3 Å². The third kappa shape index (κ3) is 5.86. The maximum absolute atomic E-state index is 13.3. The lowest BCUT2D eigenvalue weighted by Crippen LogP contribution is -2.14. The van der Waals surface area contributed by atoms with Crippen molar-refractivity contribution in [2.75, 3.05) is 0 Å². The highest BCUT2D eigenvalue weighted by Gasteiger charge is 2.36. The van der Waals surface area contributed by atoms with Gasteiger partial charge in [0.25, 0.3) is 10.0 Å². The van der Waals surface area contributed by atoms with Crippen LogP contribution in [-0.2, 0) is 22.4 Å². The first kappa shape index (κ1) is 26.8. The maximum atomic E-state index is 13.3. The Morgan fingerprint density at radius 3 is 2.08 bits per heavy atom. The summed E-state index contributed by atoms with van der Waals surface area (Å²) < 4.78 is 98.5. The van der Waals surface area contributed by atoms with E-state index in [1.54, 1.807) is 0 Å². The van der Waals surface area contributed by atoms with Crippen molar-refractivity contribution in [3.8, 4) is 11.3 Å². The average Bonchev–Trinajstić information content (AvgIpc) is 3.38. The number of alkyl halides is 6. The monoisotopic (exact) mass is 554 g/mol. The second-order valence-electron chi connectivity index (χ2n) is 6.62. The number of aromatic carboxylic acids is 1. The first-order valence-electron chi connectivity index (χ1n) is 8.93. The van der Waals surface area contributed by atoms with E-state index in [-0.39, 0.29) is 20.7 Å². The number of nitrogens with two attached hydrogens (primary N) is 1. The van der Waals surface area contributed by atoms with E-state index in [0.717, 1.165) is 18.3 Å². The van der Waals surface area contributed by atoms with Crippen LogP contribution in [0.1, 0.15) is 21.6 Å². The van der Waals surface area contributed by atoms with E-state index in [4.69, 9.17) is 10.8 Å². The predicted molar refractivity (Wildman–Crippen MR) is 111 cm³/mol. The molecule has 36 heavy (non-hydrogen) atoms. The highest BCUT2D eigenvalue weighted by Crippen LogP contribution is 2.34. The van der Waals surface area contributed by atoms with Crippen LogP contribution < -0.4 is 5.14 Å². The highest BCUT2D eigenvalue weighted by molar-refractivity contribution is 7.91. The van der Waals surface area contributed by atoms with Gasteiger partial charge in [-0.25, -0.2) is 32.9 Å². The van der Waals surface area contributed by atoms with Crippen molar-refractivity contribution >= 4 is 38.1 Å². The number of primary sulfonamides is 1. The molecule has 4 aromatic rings. The molecule has 4 rings (SSSR count). The maximum Gasteiger partial charge on any atom is 0.433 e. The number of halogens is 6. The minimum absolute atomic E-state index is 0.0384. The van der Waals surface area contributed by atoms with Crippen molar-refractivity contribution in [1.82, 2.24) is 24.8 Å². The number of fused-ring (bicyclic) bond motifs is 1. The van der Waals surface area contributed by atoms with Crippen LogP contribution in [0.3, 0.4) is 0 Å². The van der Waals surface area contributed by atoms with Crippen LogP contribution in [0.4, 0.5) is 31.5 Å². The topological polar surface area (TPSA) is 177 Å². The summed E-state index contributed by atoms with van der Waals surface area (Å²) in [6.45, 7) is 0. The number of sulfonamides is 1. The van der Waals surface area contributed by atoms with E-state index in [9.17, 15) is 39.6 Å². The number of hydrogen-bond donors (Lipinski definition) is 2. The SMILES string of the molecule is O=C(O)c1cnn2c(C(F)(F)F)cc(-c3ccc(C(F)(F)F)cc3)nc12.[NH-]c1nnc(S(N)(=O)=O)s1. The largest absolute Gasteiger partial charge is 0.477 e. The van der Waals surface area contributed by atoms with E-state index in [1.807, 2.05) is 0 Å².